The third-order valence-corrected chi connectivity index (χ3v) is 4.33. The van der Waals surface area contributed by atoms with Crippen LogP contribution in [0.2, 0.25) is 0 Å². The van der Waals surface area contributed by atoms with Gasteiger partial charge in [-0.1, -0.05) is 22.0 Å². The van der Waals surface area contributed by atoms with E-state index in [9.17, 15) is 13.2 Å². The minimum atomic E-state index is -4.08. The van der Waals surface area contributed by atoms with Crippen molar-refractivity contribution in [1.82, 2.24) is 5.32 Å². The highest BCUT2D eigenvalue weighted by molar-refractivity contribution is 9.10. The molecule has 1 aromatic rings. The summed E-state index contributed by atoms with van der Waals surface area (Å²) >= 11 is 3.34. The molecular weight excluding hydrogens is 295 g/mol. The summed E-state index contributed by atoms with van der Waals surface area (Å²) in [5.41, 5.74) is 1.15. The maximum Gasteiger partial charge on any atom is 0.392 e. The molecule has 0 amide bonds. The van der Waals surface area contributed by atoms with Gasteiger partial charge in [-0.25, -0.2) is 0 Å². The van der Waals surface area contributed by atoms with Gasteiger partial charge in [0.2, 0.25) is 0 Å². The van der Waals surface area contributed by atoms with Crippen LogP contribution in [0, 0.1) is 5.92 Å². The quantitative estimate of drug-likeness (QED) is 0.775. The second kappa shape index (κ2) is 3.48. The molecule has 0 bridgehead atoms. The largest absolute Gasteiger partial charge is 0.392 e. The first-order valence-corrected chi connectivity index (χ1v) is 6.29. The van der Waals surface area contributed by atoms with Crippen molar-refractivity contribution in [3.63, 3.8) is 0 Å². The molecule has 5 heteroatoms. The smallest absolute Gasteiger partial charge is 0.312 e. The zero-order valence-corrected chi connectivity index (χ0v) is 10.5. The molecule has 0 radical (unpaired) electrons. The molecule has 1 aromatic carbocycles. The predicted molar refractivity (Wildman–Crippen MR) is 61.7 cm³/mol. The van der Waals surface area contributed by atoms with Crippen molar-refractivity contribution in [2.45, 2.75) is 24.6 Å². The molecule has 1 fully saturated rings. The number of hydrogen-bond donors (Lipinski definition) is 1. The van der Waals surface area contributed by atoms with Crippen molar-refractivity contribution in [3.05, 3.63) is 33.8 Å². The fourth-order valence-electron chi connectivity index (χ4n) is 2.91. The lowest BCUT2D eigenvalue weighted by atomic mass is 9.86. The Kier molecular flexibility index (Phi) is 2.36. The van der Waals surface area contributed by atoms with Crippen molar-refractivity contribution in [1.29, 1.82) is 0 Å². The lowest BCUT2D eigenvalue weighted by Crippen LogP contribution is -2.37. The summed E-state index contributed by atoms with van der Waals surface area (Å²) in [4.78, 5) is 0. The summed E-state index contributed by atoms with van der Waals surface area (Å²) in [5, 5.41) is 3.10. The van der Waals surface area contributed by atoms with E-state index in [4.69, 9.17) is 0 Å². The van der Waals surface area contributed by atoms with Crippen LogP contribution in [-0.4, -0.2) is 12.7 Å². The van der Waals surface area contributed by atoms with Gasteiger partial charge < -0.3 is 5.32 Å². The normalized spacial score (nSPS) is 31.4. The number of rotatable bonds is 0. The van der Waals surface area contributed by atoms with Gasteiger partial charge in [0.1, 0.15) is 0 Å². The minimum Gasteiger partial charge on any atom is -0.312 e. The summed E-state index contributed by atoms with van der Waals surface area (Å²) < 4.78 is 39.3. The lowest BCUT2D eigenvalue weighted by molar-refractivity contribution is -0.152. The maximum absolute atomic E-state index is 12.8. The van der Waals surface area contributed by atoms with E-state index in [0.29, 0.717) is 13.1 Å². The number of benzene rings is 1. The first-order valence-electron chi connectivity index (χ1n) is 5.50. The fourth-order valence-corrected chi connectivity index (χ4v) is 3.27. The number of halogens is 4. The zero-order chi connectivity index (χ0) is 12.3. The minimum absolute atomic E-state index is 0.215. The third-order valence-electron chi connectivity index (χ3n) is 3.83. The molecule has 2 unspecified atom stereocenters. The summed E-state index contributed by atoms with van der Waals surface area (Å²) in [5.74, 6) is -1.18. The molecule has 1 saturated carbocycles. The Bertz CT molecular complexity index is 471. The number of hydrogen-bond acceptors (Lipinski definition) is 1. The Hall–Kier alpha value is -0.550. The standard InChI is InChI=1S/C12H11BrF3N/c13-8-2-1-7-5-17-6-11(9(7)3-8)4-10(11)12(14,15)16/h1-3,10,17H,4-6H2. The fraction of sp³-hybridized carbons (Fsp3) is 0.500. The SMILES string of the molecule is FC(F)(F)C1CC12CNCc1ccc(Br)cc12. The first-order chi connectivity index (χ1) is 7.93. The average Bonchev–Trinajstić information content (AvgIpc) is 2.95. The van der Waals surface area contributed by atoms with Gasteiger partial charge in [-0.15, -0.1) is 0 Å². The molecule has 17 heavy (non-hydrogen) atoms. The molecule has 1 N–H and O–H groups in total. The van der Waals surface area contributed by atoms with Gasteiger partial charge >= 0.3 is 6.18 Å². The van der Waals surface area contributed by atoms with Crippen LogP contribution in [0.4, 0.5) is 13.2 Å². The summed E-state index contributed by atoms with van der Waals surface area (Å²) in [6.45, 7) is 1.09. The van der Waals surface area contributed by atoms with E-state index < -0.39 is 17.5 Å². The maximum atomic E-state index is 12.8. The Morgan fingerprint density at radius 2 is 2.12 bits per heavy atom. The van der Waals surface area contributed by atoms with E-state index in [1.165, 1.54) is 0 Å². The molecule has 0 saturated heterocycles. The molecule has 92 valence electrons. The van der Waals surface area contributed by atoms with Crippen LogP contribution in [0.15, 0.2) is 22.7 Å². The molecule has 1 aliphatic carbocycles. The zero-order valence-electron chi connectivity index (χ0n) is 8.94. The highest BCUT2D eigenvalue weighted by atomic mass is 79.9. The van der Waals surface area contributed by atoms with Gasteiger partial charge in [-0.05, 0) is 29.7 Å². The molecule has 2 atom stereocenters. The predicted octanol–water partition coefficient (Wildman–Crippen LogP) is 3.37. The number of fused-ring (bicyclic) bond motifs is 2. The summed E-state index contributed by atoms with van der Waals surface area (Å²) in [6, 6.07) is 5.63. The van der Waals surface area contributed by atoms with E-state index in [1.54, 1.807) is 0 Å². The van der Waals surface area contributed by atoms with Crippen molar-refractivity contribution < 1.29 is 13.2 Å². The molecule has 2 aliphatic rings. The Balaban J connectivity index is 2.04. The van der Waals surface area contributed by atoms with Gasteiger partial charge in [0, 0.05) is 23.0 Å². The van der Waals surface area contributed by atoms with Crippen LogP contribution < -0.4 is 5.32 Å². The van der Waals surface area contributed by atoms with Crippen LogP contribution >= 0.6 is 15.9 Å². The van der Waals surface area contributed by atoms with Crippen LogP contribution in [0.1, 0.15) is 17.5 Å². The van der Waals surface area contributed by atoms with Crippen molar-refractivity contribution in [2.24, 2.45) is 5.92 Å². The van der Waals surface area contributed by atoms with E-state index >= 15 is 0 Å². The molecular formula is C12H11BrF3N. The van der Waals surface area contributed by atoms with Gasteiger partial charge in [0.05, 0.1) is 5.92 Å². The van der Waals surface area contributed by atoms with Gasteiger partial charge in [-0.3, -0.25) is 0 Å². The topological polar surface area (TPSA) is 12.0 Å². The molecule has 3 rings (SSSR count). The molecule has 1 spiro atoms. The molecule has 1 aliphatic heterocycles. The second-order valence-electron chi connectivity index (χ2n) is 4.86. The van der Waals surface area contributed by atoms with Gasteiger partial charge in [-0.2, -0.15) is 13.2 Å². The van der Waals surface area contributed by atoms with Crippen molar-refractivity contribution in [3.8, 4) is 0 Å². The molecule has 0 aromatic heterocycles. The first kappa shape index (κ1) is 11.5. The Morgan fingerprint density at radius 3 is 2.76 bits per heavy atom. The summed E-state index contributed by atoms with van der Waals surface area (Å²) in [7, 11) is 0. The average molecular weight is 306 g/mol. The van der Waals surface area contributed by atoms with E-state index in [2.05, 4.69) is 21.2 Å². The Morgan fingerprint density at radius 1 is 1.35 bits per heavy atom. The molecule has 1 heterocycles. The number of alkyl halides is 3. The van der Waals surface area contributed by atoms with Crippen molar-refractivity contribution >= 4 is 15.9 Å². The molecule has 1 nitrogen and oxygen atoms in total. The Labute approximate surface area is 106 Å². The summed E-state index contributed by atoms with van der Waals surface area (Å²) in [6.07, 6.45) is -3.87. The van der Waals surface area contributed by atoms with Crippen LogP contribution in [0.3, 0.4) is 0 Å². The highest BCUT2D eigenvalue weighted by Crippen LogP contribution is 2.62. The van der Waals surface area contributed by atoms with Crippen LogP contribution in [0.25, 0.3) is 0 Å². The third kappa shape index (κ3) is 1.71. The van der Waals surface area contributed by atoms with Crippen LogP contribution in [0.5, 0.6) is 0 Å². The lowest BCUT2D eigenvalue weighted by Gasteiger charge is -2.28. The van der Waals surface area contributed by atoms with E-state index in [1.807, 2.05) is 18.2 Å². The van der Waals surface area contributed by atoms with E-state index in [0.717, 1.165) is 15.6 Å². The van der Waals surface area contributed by atoms with Crippen LogP contribution in [-0.2, 0) is 12.0 Å². The number of nitrogens with one attached hydrogen (secondary N) is 1. The van der Waals surface area contributed by atoms with E-state index in [-0.39, 0.29) is 6.42 Å². The van der Waals surface area contributed by atoms with Gasteiger partial charge in [0.15, 0.2) is 0 Å². The van der Waals surface area contributed by atoms with Crippen molar-refractivity contribution in [2.75, 3.05) is 6.54 Å². The van der Waals surface area contributed by atoms with Gasteiger partial charge in [0.25, 0.3) is 0 Å². The highest BCUT2D eigenvalue weighted by Gasteiger charge is 2.68. The monoisotopic (exact) mass is 305 g/mol. The second-order valence-corrected chi connectivity index (χ2v) is 5.78.